The van der Waals surface area contributed by atoms with Crippen molar-refractivity contribution in [2.24, 2.45) is 5.73 Å². The van der Waals surface area contributed by atoms with Gasteiger partial charge in [0.25, 0.3) is 11.8 Å². The number of amides is 3. The summed E-state index contributed by atoms with van der Waals surface area (Å²) in [6, 6.07) is -6.74. The Morgan fingerprint density at radius 1 is 1.00 bits per heavy atom. The van der Waals surface area contributed by atoms with E-state index in [-0.39, 0.29) is 16.9 Å². The number of methoxy groups -OCH3 is 1. The fraction of sp³-hybridized carbons (Fsp3) is 0.280. The molecule has 2 aliphatic heterocycles. The van der Waals surface area contributed by atoms with E-state index in [1.807, 2.05) is 0 Å². The molecule has 0 bridgehead atoms. The summed E-state index contributed by atoms with van der Waals surface area (Å²) in [7, 11) is 1.12. The van der Waals surface area contributed by atoms with Crippen molar-refractivity contribution in [3.8, 4) is 11.4 Å². The van der Waals surface area contributed by atoms with Crippen molar-refractivity contribution in [3.05, 3.63) is 65.3 Å². The van der Waals surface area contributed by atoms with Crippen LogP contribution in [0.3, 0.4) is 0 Å². The lowest BCUT2D eigenvalue weighted by Gasteiger charge is -2.29. The summed E-state index contributed by atoms with van der Waals surface area (Å²) in [4.78, 5) is 40.3. The van der Waals surface area contributed by atoms with Crippen molar-refractivity contribution in [2.45, 2.75) is 25.6 Å². The maximum absolute atomic E-state index is 14.2. The summed E-state index contributed by atoms with van der Waals surface area (Å²) in [6.45, 7) is -3.88. The van der Waals surface area contributed by atoms with Crippen LogP contribution in [0.15, 0.2) is 48.3 Å². The summed E-state index contributed by atoms with van der Waals surface area (Å²) < 4.78 is 122. The van der Waals surface area contributed by atoms with Crippen molar-refractivity contribution >= 4 is 29.1 Å². The van der Waals surface area contributed by atoms with E-state index in [1.54, 1.807) is 0 Å². The van der Waals surface area contributed by atoms with Gasteiger partial charge >= 0.3 is 0 Å². The van der Waals surface area contributed by atoms with Crippen LogP contribution in [0.5, 0.6) is 5.75 Å². The molecule has 1 saturated heterocycles. The summed E-state index contributed by atoms with van der Waals surface area (Å²) in [5.74, 6) is -3.99. The molecular formula is C25H25N5O4. The molecule has 3 heterocycles. The zero-order valence-electron chi connectivity index (χ0n) is 31.6. The third kappa shape index (κ3) is 3.68. The number of primary amides is 1. The third-order valence-electron chi connectivity index (χ3n) is 5.09. The van der Waals surface area contributed by atoms with Gasteiger partial charge in [0.15, 0.2) is 5.69 Å². The smallest absolute Gasteiger partial charge is 0.277 e. The van der Waals surface area contributed by atoms with Crippen LogP contribution in [0.25, 0.3) is 5.69 Å². The molecule has 0 atom stereocenters. The van der Waals surface area contributed by atoms with E-state index < -0.39 is 132 Å². The first-order valence-corrected chi connectivity index (χ1v) is 9.88. The first kappa shape index (κ1) is 10.9. The second kappa shape index (κ2) is 8.66. The summed E-state index contributed by atoms with van der Waals surface area (Å²) >= 11 is 0. The lowest BCUT2D eigenvalue weighted by atomic mass is 10.0. The molecule has 1 fully saturated rings. The molecule has 2 aliphatic rings. The van der Waals surface area contributed by atoms with Crippen LogP contribution in [0.1, 0.15) is 64.9 Å². The van der Waals surface area contributed by atoms with Gasteiger partial charge < -0.3 is 20.3 Å². The summed E-state index contributed by atoms with van der Waals surface area (Å²) in [5, 5.41) is 4.03. The first-order valence-electron chi connectivity index (χ1n) is 16.9. The van der Waals surface area contributed by atoms with Crippen molar-refractivity contribution in [1.82, 2.24) is 9.78 Å². The normalized spacial score (nSPS) is 26.3. The predicted molar refractivity (Wildman–Crippen MR) is 127 cm³/mol. The van der Waals surface area contributed by atoms with Crippen LogP contribution < -0.4 is 20.3 Å². The van der Waals surface area contributed by atoms with Gasteiger partial charge in [0.2, 0.25) is 5.91 Å². The molecule has 2 aromatic carbocycles. The second-order valence-corrected chi connectivity index (χ2v) is 7.06. The van der Waals surface area contributed by atoms with Crippen molar-refractivity contribution in [2.75, 3.05) is 30.0 Å². The van der Waals surface area contributed by atoms with Gasteiger partial charge in [-0.2, -0.15) is 5.10 Å². The Kier molecular flexibility index (Phi) is 2.77. The molecule has 9 heteroatoms. The molecule has 0 saturated carbocycles. The molecule has 3 aromatic rings. The van der Waals surface area contributed by atoms with Crippen LogP contribution in [-0.2, 0) is 11.2 Å². The zero-order valence-corrected chi connectivity index (χ0v) is 17.6. The van der Waals surface area contributed by atoms with Gasteiger partial charge in [-0.1, -0.05) is 0 Å². The monoisotopic (exact) mass is 473 g/mol. The van der Waals surface area contributed by atoms with Gasteiger partial charge in [-0.3, -0.25) is 14.4 Å². The molecule has 0 unspecified atom stereocenters. The Labute approximate surface area is 216 Å². The van der Waals surface area contributed by atoms with Crippen LogP contribution in [0.4, 0.5) is 11.4 Å². The number of hydrogen-bond donors (Lipinski definition) is 1. The van der Waals surface area contributed by atoms with E-state index in [1.165, 1.54) is 0 Å². The molecular weight excluding hydrogens is 434 g/mol. The van der Waals surface area contributed by atoms with E-state index in [9.17, 15) is 14.4 Å². The molecule has 0 spiro atoms. The molecule has 0 aliphatic carbocycles. The van der Waals surface area contributed by atoms with Gasteiger partial charge in [-0.05, 0) is 67.5 Å². The van der Waals surface area contributed by atoms with Gasteiger partial charge in [0.1, 0.15) is 11.4 Å². The SMILES string of the molecule is [2H]c1c([2H])c(-n2nc(C(N)=O)c3c2C(=O)N(c2c([2H])c([2H])c(N4C(=O)CC([2H])([2H])C([2H])([2H])C4([2H])[2H])c([2H])c2[2H])CC3)c([2H])c([2H])c1OC. The Hall–Kier alpha value is -4.14. The van der Waals surface area contributed by atoms with Crippen molar-refractivity contribution in [3.63, 3.8) is 0 Å². The fourth-order valence-electron chi connectivity index (χ4n) is 3.52. The van der Waals surface area contributed by atoms with Crippen LogP contribution in [-0.4, -0.2) is 47.7 Å². The maximum atomic E-state index is 14.2. The lowest BCUT2D eigenvalue weighted by molar-refractivity contribution is -0.119. The minimum Gasteiger partial charge on any atom is -0.497 e. The Morgan fingerprint density at radius 2 is 1.65 bits per heavy atom. The molecule has 0 radical (unpaired) electrons. The number of aromatic nitrogens is 2. The van der Waals surface area contributed by atoms with E-state index in [2.05, 4.69) is 5.10 Å². The van der Waals surface area contributed by atoms with E-state index in [0.29, 0.717) is 4.68 Å². The Bertz CT molecular complexity index is 1910. The minimum absolute atomic E-state index is 0.0509. The van der Waals surface area contributed by atoms with Crippen LogP contribution in [0, 0.1) is 0 Å². The maximum Gasteiger partial charge on any atom is 0.277 e. The third-order valence-corrected chi connectivity index (χ3v) is 5.09. The van der Waals surface area contributed by atoms with Gasteiger partial charge in [0, 0.05) is 44.6 Å². The van der Waals surface area contributed by atoms with Gasteiger partial charge in [-0.15, -0.1) is 0 Å². The quantitative estimate of drug-likeness (QED) is 0.613. The number of benzene rings is 2. The lowest BCUT2D eigenvalue weighted by Crippen LogP contribution is -2.39. The van der Waals surface area contributed by atoms with Crippen LogP contribution >= 0.6 is 0 Å². The zero-order chi connectivity index (χ0) is 36.2. The highest BCUT2D eigenvalue weighted by Crippen LogP contribution is 2.31. The minimum atomic E-state index is -3.49. The van der Waals surface area contributed by atoms with E-state index >= 15 is 0 Å². The first-order chi connectivity index (χ1) is 22.1. The number of nitrogens with two attached hydrogens (primary N) is 1. The number of ether oxygens (including phenoxy) is 1. The van der Waals surface area contributed by atoms with Crippen molar-refractivity contribution in [1.29, 1.82) is 0 Å². The van der Waals surface area contributed by atoms with Crippen LogP contribution in [0.2, 0.25) is 0 Å². The molecule has 2 N–H and O–H groups in total. The van der Waals surface area contributed by atoms with Gasteiger partial charge in [0.05, 0.1) is 23.8 Å². The summed E-state index contributed by atoms with van der Waals surface area (Å²) in [6.07, 6.45) is -7.77. The highest BCUT2D eigenvalue weighted by Gasteiger charge is 2.34. The molecule has 1 aromatic heterocycles. The molecule has 174 valence electrons. The standard InChI is InChI=1S/C25H25N5O4/c1-34-19-11-9-18(10-12-19)30-23-20(22(27-30)24(26)32)13-15-29(25(23)33)17-7-5-16(6-8-17)28-14-3-2-4-21(28)31/h5-12H,2-4,13-15H2,1H3,(H2,26,32)/i2D2,3D2,5D,6D,7D,8D,9D,10D,11D,12D,14D2. The molecule has 5 rings (SSSR count). The Balaban J connectivity index is 1.72. The average Bonchev–Trinajstić information content (AvgIpc) is 3.38. The van der Waals surface area contributed by atoms with E-state index in [4.69, 9.17) is 29.7 Å². The molecule has 34 heavy (non-hydrogen) atoms. The number of fused-ring (bicyclic) bond motifs is 1. The highest BCUT2D eigenvalue weighted by atomic mass is 16.5. The number of piperidine rings is 1. The molecule has 3 amide bonds. The number of carbonyl (C=O) groups excluding carboxylic acids is 3. The molecule has 9 nitrogen and oxygen atoms in total. The fourth-order valence-corrected chi connectivity index (χ4v) is 3.52. The number of rotatable bonds is 5. The largest absolute Gasteiger partial charge is 0.497 e. The highest BCUT2D eigenvalue weighted by molar-refractivity contribution is 6.09. The topological polar surface area (TPSA) is 111 Å². The summed E-state index contributed by atoms with van der Waals surface area (Å²) in [5.41, 5.74) is 2.26. The second-order valence-electron chi connectivity index (χ2n) is 7.06. The predicted octanol–water partition coefficient (Wildman–Crippen LogP) is 2.70. The Morgan fingerprint density at radius 3 is 2.29 bits per heavy atom. The number of anilines is 2. The number of carbonyl (C=O) groups is 3. The average molecular weight is 474 g/mol. The number of nitrogens with zero attached hydrogens (tertiary/aromatic N) is 4. The van der Waals surface area contributed by atoms with Gasteiger partial charge in [-0.25, -0.2) is 4.68 Å². The van der Waals surface area contributed by atoms with Crippen molar-refractivity contribution < 1.29 is 38.3 Å². The van der Waals surface area contributed by atoms with E-state index in [0.717, 1.165) is 12.0 Å². The number of hydrogen-bond acceptors (Lipinski definition) is 5.